The Balaban J connectivity index is 1.34. The normalized spacial score (nSPS) is 12.9. The number of urea groups is 1. The summed E-state index contributed by atoms with van der Waals surface area (Å²) >= 11 is 0. The van der Waals surface area contributed by atoms with Crippen LogP contribution in [-0.2, 0) is 19.4 Å². The molecular weight excluding hydrogens is 416 g/mol. The molecule has 0 fully saturated rings. The highest BCUT2D eigenvalue weighted by Gasteiger charge is 2.25. The van der Waals surface area contributed by atoms with Gasteiger partial charge in [0.1, 0.15) is 11.6 Å². The minimum atomic E-state index is -0.227. The number of hydrogen-bond donors (Lipinski definition) is 2. The number of aromatic amines is 1. The first-order chi connectivity index (χ1) is 16.1. The molecule has 2 heterocycles. The molecule has 2 amide bonds. The zero-order chi connectivity index (χ0) is 22.8. The lowest BCUT2D eigenvalue weighted by Gasteiger charge is -2.28. The Kier molecular flexibility index (Phi) is 5.52. The van der Waals surface area contributed by atoms with Crippen molar-refractivity contribution in [2.24, 2.45) is 0 Å². The molecule has 0 spiro atoms. The van der Waals surface area contributed by atoms with E-state index in [0.717, 1.165) is 33.5 Å². The van der Waals surface area contributed by atoms with Gasteiger partial charge >= 0.3 is 6.03 Å². The average Bonchev–Trinajstić information content (AvgIpc) is 2.84. The molecule has 166 valence electrons. The van der Waals surface area contributed by atoms with Gasteiger partial charge in [-0.15, -0.1) is 0 Å². The van der Waals surface area contributed by atoms with Crippen LogP contribution in [0.2, 0.25) is 0 Å². The third-order valence-electron chi connectivity index (χ3n) is 5.99. The van der Waals surface area contributed by atoms with Gasteiger partial charge in [-0.05, 0) is 17.5 Å². The molecule has 0 aliphatic carbocycles. The molecule has 5 rings (SSSR count). The summed E-state index contributed by atoms with van der Waals surface area (Å²) in [5, 5.41) is 5.04. The number of para-hydroxylation sites is 1. The molecule has 7 nitrogen and oxygen atoms in total. The minimum absolute atomic E-state index is 0.201. The van der Waals surface area contributed by atoms with Crippen molar-refractivity contribution in [3.8, 4) is 5.75 Å². The molecule has 7 heteroatoms. The average molecular weight is 441 g/mol. The fourth-order valence-electron chi connectivity index (χ4n) is 4.29. The van der Waals surface area contributed by atoms with Crippen LogP contribution in [0.1, 0.15) is 22.6 Å². The number of rotatable bonds is 4. The SMILES string of the molecule is COc1ccccc1Cc1nc2c(c(=O)[nH]1)CN(C(=O)Nc1cccc3ccccc13)CC2. The number of hydrogen-bond acceptors (Lipinski definition) is 4. The molecule has 1 aromatic heterocycles. The van der Waals surface area contributed by atoms with Gasteiger partial charge in [0.05, 0.1) is 30.6 Å². The second kappa shape index (κ2) is 8.78. The summed E-state index contributed by atoms with van der Waals surface area (Å²) in [4.78, 5) is 35.1. The molecule has 1 aliphatic heterocycles. The molecule has 0 saturated heterocycles. The zero-order valence-electron chi connectivity index (χ0n) is 18.3. The molecule has 0 saturated carbocycles. The number of H-pyrrole nitrogens is 1. The number of nitrogens with zero attached hydrogens (tertiary/aromatic N) is 2. The van der Waals surface area contributed by atoms with Gasteiger partial charge in [-0.1, -0.05) is 54.6 Å². The van der Waals surface area contributed by atoms with Gasteiger partial charge in [-0.3, -0.25) is 4.79 Å². The van der Waals surface area contributed by atoms with E-state index in [1.54, 1.807) is 12.0 Å². The number of carbonyl (C=O) groups is 1. The Morgan fingerprint density at radius 3 is 2.76 bits per heavy atom. The maximum absolute atomic E-state index is 13.0. The van der Waals surface area contributed by atoms with E-state index in [4.69, 9.17) is 9.72 Å². The largest absolute Gasteiger partial charge is 0.496 e. The van der Waals surface area contributed by atoms with Crippen molar-refractivity contribution in [2.45, 2.75) is 19.4 Å². The van der Waals surface area contributed by atoms with Crippen LogP contribution in [0.3, 0.4) is 0 Å². The van der Waals surface area contributed by atoms with Crippen molar-refractivity contribution in [3.05, 3.63) is 99.7 Å². The van der Waals surface area contributed by atoms with E-state index in [0.29, 0.717) is 30.8 Å². The summed E-state index contributed by atoms with van der Waals surface area (Å²) in [6.07, 6.45) is 0.999. The first-order valence-electron chi connectivity index (χ1n) is 10.9. The molecule has 2 N–H and O–H groups in total. The highest BCUT2D eigenvalue weighted by Crippen LogP contribution is 2.24. The molecule has 0 atom stereocenters. The van der Waals surface area contributed by atoms with E-state index >= 15 is 0 Å². The topological polar surface area (TPSA) is 87.3 Å². The summed E-state index contributed by atoms with van der Waals surface area (Å²) in [6.45, 7) is 0.720. The monoisotopic (exact) mass is 440 g/mol. The Bertz CT molecular complexity index is 1390. The van der Waals surface area contributed by atoms with Crippen LogP contribution in [0.5, 0.6) is 5.75 Å². The van der Waals surface area contributed by atoms with Gasteiger partial charge in [0.2, 0.25) is 0 Å². The molecular formula is C26H24N4O3. The second-order valence-corrected chi connectivity index (χ2v) is 8.05. The van der Waals surface area contributed by atoms with E-state index in [1.807, 2.05) is 66.7 Å². The van der Waals surface area contributed by atoms with Crippen LogP contribution >= 0.6 is 0 Å². The molecule has 1 aliphatic rings. The minimum Gasteiger partial charge on any atom is -0.496 e. The van der Waals surface area contributed by atoms with Crippen molar-refractivity contribution in [1.82, 2.24) is 14.9 Å². The fraction of sp³-hybridized carbons (Fsp3) is 0.192. The predicted molar refractivity (Wildman–Crippen MR) is 128 cm³/mol. The van der Waals surface area contributed by atoms with Crippen LogP contribution in [0, 0.1) is 0 Å². The van der Waals surface area contributed by atoms with Gasteiger partial charge < -0.3 is 19.9 Å². The van der Waals surface area contributed by atoms with Crippen LogP contribution in [0.25, 0.3) is 10.8 Å². The van der Waals surface area contributed by atoms with Crippen LogP contribution in [0.15, 0.2) is 71.5 Å². The molecule has 0 bridgehead atoms. The summed E-state index contributed by atoms with van der Waals surface area (Å²) < 4.78 is 5.41. The number of fused-ring (bicyclic) bond motifs is 2. The third-order valence-corrected chi connectivity index (χ3v) is 5.99. The molecule has 0 unspecified atom stereocenters. The standard InChI is InChI=1S/C26H24N4O3/c1-33-23-12-5-3-8-18(23)15-24-27-22-13-14-30(16-20(22)25(31)29-24)26(32)28-21-11-6-9-17-7-2-4-10-19(17)21/h2-12H,13-16H2,1H3,(H,28,32)(H,27,29,31). The van der Waals surface area contributed by atoms with Crippen molar-refractivity contribution >= 4 is 22.5 Å². The smallest absolute Gasteiger partial charge is 0.322 e. The number of carbonyl (C=O) groups excluding carboxylic acids is 1. The third kappa shape index (κ3) is 4.17. The van der Waals surface area contributed by atoms with Crippen molar-refractivity contribution in [3.63, 3.8) is 0 Å². The van der Waals surface area contributed by atoms with Gasteiger partial charge in [-0.2, -0.15) is 0 Å². The number of benzene rings is 3. The Labute approximate surface area is 191 Å². The van der Waals surface area contributed by atoms with E-state index < -0.39 is 0 Å². The van der Waals surface area contributed by atoms with E-state index in [1.165, 1.54) is 0 Å². The van der Waals surface area contributed by atoms with Crippen molar-refractivity contribution in [2.75, 3.05) is 19.0 Å². The summed E-state index contributed by atoms with van der Waals surface area (Å²) in [5.41, 5.74) is 2.79. The number of aromatic nitrogens is 2. The Hall–Kier alpha value is -4.13. The Morgan fingerprint density at radius 1 is 1.09 bits per heavy atom. The summed E-state index contributed by atoms with van der Waals surface area (Å²) in [5.74, 6) is 1.35. The molecule has 3 aromatic carbocycles. The first kappa shape index (κ1) is 20.8. The van der Waals surface area contributed by atoms with E-state index in [-0.39, 0.29) is 18.1 Å². The molecule has 33 heavy (non-hydrogen) atoms. The maximum Gasteiger partial charge on any atom is 0.322 e. The number of amides is 2. The van der Waals surface area contributed by atoms with Crippen molar-refractivity contribution < 1.29 is 9.53 Å². The van der Waals surface area contributed by atoms with Crippen LogP contribution in [0.4, 0.5) is 10.5 Å². The lowest BCUT2D eigenvalue weighted by atomic mass is 10.1. The number of nitrogens with one attached hydrogen (secondary N) is 2. The summed E-state index contributed by atoms with van der Waals surface area (Å²) in [7, 11) is 1.62. The lowest BCUT2D eigenvalue weighted by molar-refractivity contribution is 0.205. The van der Waals surface area contributed by atoms with Gasteiger partial charge in [0.25, 0.3) is 5.56 Å². The number of anilines is 1. The molecule has 4 aromatic rings. The van der Waals surface area contributed by atoms with Gasteiger partial charge in [-0.25, -0.2) is 9.78 Å². The predicted octanol–water partition coefficient (Wildman–Crippen LogP) is 4.11. The van der Waals surface area contributed by atoms with Gasteiger partial charge in [0, 0.05) is 30.3 Å². The molecule has 0 radical (unpaired) electrons. The maximum atomic E-state index is 13.0. The lowest BCUT2D eigenvalue weighted by Crippen LogP contribution is -2.42. The number of methoxy groups -OCH3 is 1. The quantitative estimate of drug-likeness (QED) is 0.500. The van der Waals surface area contributed by atoms with Crippen LogP contribution in [-0.4, -0.2) is 34.6 Å². The van der Waals surface area contributed by atoms with E-state index in [2.05, 4.69) is 10.3 Å². The highest BCUT2D eigenvalue weighted by molar-refractivity contribution is 6.01. The summed E-state index contributed by atoms with van der Waals surface area (Å²) in [6, 6.07) is 21.2. The fourth-order valence-corrected chi connectivity index (χ4v) is 4.29. The number of ether oxygens (including phenoxy) is 1. The highest BCUT2D eigenvalue weighted by atomic mass is 16.5. The van der Waals surface area contributed by atoms with E-state index in [9.17, 15) is 9.59 Å². The zero-order valence-corrected chi connectivity index (χ0v) is 18.3. The van der Waals surface area contributed by atoms with Gasteiger partial charge in [0.15, 0.2) is 0 Å². The van der Waals surface area contributed by atoms with Crippen LogP contribution < -0.4 is 15.6 Å². The Morgan fingerprint density at radius 2 is 1.88 bits per heavy atom. The second-order valence-electron chi connectivity index (χ2n) is 8.05. The van der Waals surface area contributed by atoms with Crippen molar-refractivity contribution in [1.29, 1.82) is 0 Å². The first-order valence-corrected chi connectivity index (χ1v) is 10.9.